The molecule has 0 saturated carbocycles. The number of benzene rings is 1. The zero-order valence-electron chi connectivity index (χ0n) is 12.8. The van der Waals surface area contributed by atoms with Crippen LogP contribution >= 0.6 is 23.4 Å². The summed E-state index contributed by atoms with van der Waals surface area (Å²) in [6, 6.07) is 11.7. The highest BCUT2D eigenvalue weighted by atomic mass is 35.5. The zero-order chi connectivity index (χ0) is 16.2. The summed E-state index contributed by atoms with van der Waals surface area (Å²) in [6.07, 6.45) is 3.70. The van der Waals surface area contributed by atoms with Gasteiger partial charge in [0, 0.05) is 10.3 Å². The average molecular weight is 346 g/mol. The highest BCUT2D eigenvalue weighted by molar-refractivity contribution is 7.99. The number of halogens is 1. The number of aromatic amines is 1. The van der Waals surface area contributed by atoms with Crippen LogP contribution < -0.4 is 0 Å². The van der Waals surface area contributed by atoms with Gasteiger partial charge in [-0.1, -0.05) is 41.6 Å². The molecule has 1 atom stereocenters. The molecule has 3 aromatic rings. The van der Waals surface area contributed by atoms with Crippen LogP contribution in [0.15, 0.2) is 46.0 Å². The minimum atomic E-state index is 0.170. The van der Waals surface area contributed by atoms with Crippen molar-refractivity contribution in [2.75, 3.05) is 0 Å². The van der Waals surface area contributed by atoms with Crippen LogP contribution in [0.25, 0.3) is 12.2 Å². The van der Waals surface area contributed by atoms with Gasteiger partial charge in [0.05, 0.1) is 0 Å². The number of nitrogens with one attached hydrogen (secondary N) is 1. The van der Waals surface area contributed by atoms with Gasteiger partial charge in [0.25, 0.3) is 0 Å². The maximum Gasteiger partial charge on any atom is 0.209 e. The standard InChI is InChI=1S/C17H16ClN3OS/c1-11-7-8-13(22-11)9-10-16-19-17(21-20-16)23-12(2)14-5-3-4-6-15(14)18/h3-10,12H,1-2H3,(H,19,20,21)/b10-9+. The Labute approximate surface area is 144 Å². The highest BCUT2D eigenvalue weighted by Crippen LogP contribution is 2.36. The van der Waals surface area contributed by atoms with Crippen molar-refractivity contribution in [3.8, 4) is 0 Å². The van der Waals surface area contributed by atoms with Crippen molar-refractivity contribution < 1.29 is 4.42 Å². The van der Waals surface area contributed by atoms with Gasteiger partial charge in [-0.15, -0.1) is 5.10 Å². The lowest BCUT2D eigenvalue weighted by Crippen LogP contribution is -1.90. The van der Waals surface area contributed by atoms with Crippen LogP contribution in [-0.4, -0.2) is 15.2 Å². The molecule has 0 aliphatic heterocycles. The maximum absolute atomic E-state index is 6.23. The molecular weight excluding hydrogens is 330 g/mol. The highest BCUT2D eigenvalue weighted by Gasteiger charge is 2.13. The predicted molar refractivity (Wildman–Crippen MR) is 94.5 cm³/mol. The number of aryl methyl sites for hydroxylation is 1. The van der Waals surface area contributed by atoms with Gasteiger partial charge in [0.1, 0.15) is 17.3 Å². The fourth-order valence-corrected chi connectivity index (χ4v) is 3.38. The summed E-state index contributed by atoms with van der Waals surface area (Å²) < 4.78 is 5.48. The lowest BCUT2D eigenvalue weighted by atomic mass is 10.2. The number of hydrogen-bond acceptors (Lipinski definition) is 4. The van der Waals surface area contributed by atoms with Crippen molar-refractivity contribution in [1.82, 2.24) is 15.2 Å². The van der Waals surface area contributed by atoms with Gasteiger partial charge in [-0.2, -0.15) is 0 Å². The molecule has 0 spiro atoms. The van der Waals surface area contributed by atoms with Crippen molar-refractivity contribution in [1.29, 1.82) is 0 Å². The van der Waals surface area contributed by atoms with Gasteiger partial charge < -0.3 is 4.42 Å². The maximum atomic E-state index is 6.23. The Bertz CT molecular complexity index is 825. The summed E-state index contributed by atoms with van der Waals surface area (Å²) >= 11 is 7.79. The Kier molecular flexibility index (Phi) is 4.88. The van der Waals surface area contributed by atoms with Gasteiger partial charge in [0.15, 0.2) is 0 Å². The molecule has 0 amide bonds. The molecule has 1 aromatic carbocycles. The Balaban J connectivity index is 1.67. The fraction of sp³-hybridized carbons (Fsp3) is 0.176. The van der Waals surface area contributed by atoms with Crippen LogP contribution in [0.4, 0.5) is 0 Å². The smallest absolute Gasteiger partial charge is 0.209 e. The number of H-pyrrole nitrogens is 1. The van der Waals surface area contributed by atoms with E-state index in [1.807, 2.05) is 55.5 Å². The van der Waals surface area contributed by atoms with E-state index in [0.29, 0.717) is 11.0 Å². The quantitative estimate of drug-likeness (QED) is 0.630. The van der Waals surface area contributed by atoms with Gasteiger partial charge in [-0.25, -0.2) is 4.98 Å². The molecule has 0 fully saturated rings. The summed E-state index contributed by atoms with van der Waals surface area (Å²) in [5.74, 6) is 2.36. The minimum absolute atomic E-state index is 0.170. The third kappa shape index (κ3) is 4.06. The van der Waals surface area contributed by atoms with Gasteiger partial charge in [0.2, 0.25) is 5.16 Å². The van der Waals surface area contributed by atoms with Gasteiger partial charge >= 0.3 is 0 Å². The van der Waals surface area contributed by atoms with Crippen LogP contribution in [0, 0.1) is 6.92 Å². The fourth-order valence-electron chi connectivity index (χ4n) is 2.12. The van der Waals surface area contributed by atoms with E-state index in [9.17, 15) is 0 Å². The van der Waals surface area contributed by atoms with E-state index in [1.54, 1.807) is 11.8 Å². The number of furan rings is 1. The van der Waals surface area contributed by atoms with Crippen LogP contribution in [0.3, 0.4) is 0 Å². The molecule has 0 bridgehead atoms. The third-order valence-electron chi connectivity index (χ3n) is 3.27. The van der Waals surface area contributed by atoms with Crippen LogP contribution in [0.1, 0.15) is 35.1 Å². The van der Waals surface area contributed by atoms with Crippen molar-refractivity contribution in [3.05, 3.63) is 64.3 Å². The first-order chi connectivity index (χ1) is 11.1. The molecular formula is C17H16ClN3OS. The molecule has 3 rings (SSSR count). The summed E-state index contributed by atoms with van der Waals surface area (Å²) in [4.78, 5) is 4.45. The topological polar surface area (TPSA) is 54.7 Å². The number of hydrogen-bond donors (Lipinski definition) is 1. The van der Waals surface area contributed by atoms with E-state index in [2.05, 4.69) is 22.1 Å². The predicted octanol–water partition coefficient (Wildman–Crippen LogP) is 5.38. The zero-order valence-corrected chi connectivity index (χ0v) is 14.4. The summed E-state index contributed by atoms with van der Waals surface area (Å²) in [5.41, 5.74) is 1.08. The second kappa shape index (κ2) is 7.06. The third-order valence-corrected chi connectivity index (χ3v) is 4.62. The van der Waals surface area contributed by atoms with E-state index in [1.165, 1.54) is 0 Å². The van der Waals surface area contributed by atoms with E-state index in [4.69, 9.17) is 16.0 Å². The molecule has 4 nitrogen and oxygen atoms in total. The summed E-state index contributed by atoms with van der Waals surface area (Å²) in [6.45, 7) is 4.00. The van der Waals surface area contributed by atoms with Crippen LogP contribution in [0.2, 0.25) is 5.02 Å². The molecule has 0 saturated heterocycles. The van der Waals surface area contributed by atoms with Crippen molar-refractivity contribution in [2.24, 2.45) is 0 Å². The molecule has 118 valence electrons. The molecule has 1 unspecified atom stereocenters. The first-order valence-electron chi connectivity index (χ1n) is 7.20. The molecule has 23 heavy (non-hydrogen) atoms. The molecule has 0 aliphatic carbocycles. The normalized spacial score (nSPS) is 12.8. The van der Waals surface area contributed by atoms with E-state index < -0.39 is 0 Å². The van der Waals surface area contributed by atoms with Crippen molar-refractivity contribution >= 4 is 35.5 Å². The molecule has 6 heteroatoms. The Morgan fingerprint density at radius 3 is 2.78 bits per heavy atom. The van der Waals surface area contributed by atoms with Crippen molar-refractivity contribution in [3.63, 3.8) is 0 Å². The van der Waals surface area contributed by atoms with Crippen molar-refractivity contribution in [2.45, 2.75) is 24.3 Å². The van der Waals surface area contributed by atoms with Gasteiger partial charge in [-0.3, -0.25) is 5.10 Å². The number of rotatable bonds is 5. The average Bonchev–Trinajstić information content (AvgIpc) is 3.14. The summed E-state index contributed by atoms with van der Waals surface area (Å²) in [7, 11) is 0. The Morgan fingerprint density at radius 1 is 1.22 bits per heavy atom. The lowest BCUT2D eigenvalue weighted by Gasteiger charge is -2.10. The van der Waals surface area contributed by atoms with E-state index >= 15 is 0 Å². The Hall–Kier alpha value is -1.98. The van der Waals surface area contributed by atoms with Crippen LogP contribution in [-0.2, 0) is 0 Å². The van der Waals surface area contributed by atoms with Gasteiger partial charge in [-0.05, 0) is 49.8 Å². The lowest BCUT2D eigenvalue weighted by molar-refractivity contribution is 0.525. The number of nitrogens with zero attached hydrogens (tertiary/aromatic N) is 2. The minimum Gasteiger partial charge on any atom is -0.462 e. The first-order valence-corrected chi connectivity index (χ1v) is 8.45. The molecule has 2 heterocycles. The molecule has 2 aromatic heterocycles. The Morgan fingerprint density at radius 2 is 2.04 bits per heavy atom. The molecule has 1 N–H and O–H groups in total. The van der Waals surface area contributed by atoms with E-state index in [-0.39, 0.29) is 5.25 Å². The monoisotopic (exact) mass is 345 g/mol. The number of aromatic nitrogens is 3. The SMILES string of the molecule is Cc1ccc(/C=C/c2nc(SC(C)c3ccccc3Cl)n[nH]2)o1. The number of thioether (sulfide) groups is 1. The second-order valence-corrected chi connectivity index (χ2v) is 6.78. The molecule has 0 aliphatic rings. The van der Waals surface area contributed by atoms with Crippen LogP contribution in [0.5, 0.6) is 0 Å². The second-order valence-electron chi connectivity index (χ2n) is 5.07. The summed E-state index contributed by atoms with van der Waals surface area (Å²) in [5, 5.41) is 8.76. The largest absolute Gasteiger partial charge is 0.462 e. The molecule has 0 radical (unpaired) electrons. The first kappa shape index (κ1) is 15.9. The van der Waals surface area contributed by atoms with E-state index in [0.717, 1.165) is 22.1 Å².